The van der Waals surface area contributed by atoms with E-state index in [4.69, 9.17) is 66.0 Å². The Hall–Kier alpha value is -6.68. The molecule has 3 fully saturated rings. The van der Waals surface area contributed by atoms with Crippen molar-refractivity contribution in [3.05, 3.63) is 105 Å². The number of amides is 2. The van der Waals surface area contributed by atoms with Gasteiger partial charge >= 0.3 is 7.12 Å². The molecule has 7 aliphatic rings. The lowest BCUT2D eigenvalue weighted by Gasteiger charge is -2.46. The van der Waals surface area contributed by atoms with Crippen LogP contribution in [-0.2, 0) is 39.4 Å². The monoisotopic (exact) mass is 1070 g/mol. The number of aliphatic imine (C=N–C) groups is 2. The van der Waals surface area contributed by atoms with Crippen molar-refractivity contribution in [2.45, 2.75) is 99.7 Å². The van der Waals surface area contributed by atoms with Gasteiger partial charge in [0.2, 0.25) is 0 Å². The summed E-state index contributed by atoms with van der Waals surface area (Å²) in [4.78, 5) is 42.2. The van der Waals surface area contributed by atoms with E-state index < -0.39 is 40.6 Å². The molecule has 7 aliphatic heterocycles. The number of carbonyl (C=O) groups is 2. The first-order chi connectivity index (χ1) is 35.1. The second-order valence-electron chi connectivity index (χ2n) is 20.7. The van der Waals surface area contributed by atoms with Gasteiger partial charge in [0.05, 0.1) is 56.8 Å². The highest BCUT2D eigenvalue weighted by Gasteiger charge is 2.60. The Labute approximate surface area is 439 Å². The van der Waals surface area contributed by atoms with Crippen molar-refractivity contribution in [2.75, 3.05) is 54.7 Å². The van der Waals surface area contributed by atoms with E-state index in [1.54, 1.807) is 52.6 Å². The maximum atomic E-state index is 13.5. The molecule has 4 atom stereocenters. The normalized spacial score (nSPS) is 26.8. The molecule has 18 nitrogen and oxygen atoms in total. The van der Waals surface area contributed by atoms with Crippen LogP contribution in [0.25, 0.3) is 16.0 Å². The van der Waals surface area contributed by atoms with Gasteiger partial charge in [-0.05, 0) is 137 Å². The highest BCUT2D eigenvalue weighted by atomic mass is 79.9. The Kier molecular flexibility index (Phi) is 13.8. The molecule has 0 saturated carbocycles. The highest BCUT2D eigenvalue weighted by Crippen LogP contribution is 2.53. The predicted octanol–water partition coefficient (Wildman–Crippen LogP) is 6.86. The topological polar surface area (TPSA) is 219 Å². The zero-order chi connectivity index (χ0) is 53.0. The number of guanidine groups is 2. The lowest BCUT2D eigenvalue weighted by atomic mass is 9.74. The number of nitrogens with two attached hydrogens (primary N) is 2. The molecule has 4 spiro atoms. The lowest BCUT2D eigenvalue weighted by molar-refractivity contribution is -0.139. The molecule has 0 radical (unpaired) electrons. The number of hydrogen-bond acceptors (Lipinski definition) is 15. The van der Waals surface area contributed by atoms with E-state index in [1.165, 1.54) is 9.80 Å². The quantitative estimate of drug-likeness (QED) is 0.158. The molecule has 4 N–H and O–H groups in total. The van der Waals surface area contributed by atoms with E-state index >= 15 is 0 Å². The number of ether oxygens (including phenoxy) is 6. The summed E-state index contributed by atoms with van der Waals surface area (Å²) in [5.41, 5.74) is 12.8. The van der Waals surface area contributed by atoms with E-state index in [2.05, 4.69) is 31.8 Å². The first-order valence-electron chi connectivity index (χ1n) is 24.4. The summed E-state index contributed by atoms with van der Waals surface area (Å²) in [6.45, 7) is 17.7. The maximum absolute atomic E-state index is 13.5. The molecule has 3 saturated heterocycles. The third kappa shape index (κ3) is 9.32. The summed E-state index contributed by atoms with van der Waals surface area (Å²) in [7, 11) is 5.96. The molecule has 0 aromatic heterocycles. The molecule has 0 aliphatic carbocycles. The molecule has 7 heterocycles. The third-order valence-corrected chi connectivity index (χ3v) is 15.7. The summed E-state index contributed by atoms with van der Waals surface area (Å²) < 4.78 is 47.5. The van der Waals surface area contributed by atoms with Gasteiger partial charge < -0.3 is 49.2 Å². The summed E-state index contributed by atoms with van der Waals surface area (Å²) in [6.07, 6.45) is 4.21. The largest absolute Gasteiger partial charge is 0.498 e. The summed E-state index contributed by atoms with van der Waals surface area (Å²) in [5, 5.41) is 9.04. The van der Waals surface area contributed by atoms with Gasteiger partial charge in [-0.3, -0.25) is 19.4 Å². The minimum atomic E-state index is -1.16. The van der Waals surface area contributed by atoms with Gasteiger partial charge in [-0.1, -0.05) is 22.0 Å². The number of likely N-dealkylation sites (N-methyl/N-ethyl adjacent to an activating group) is 2. The molecule has 4 aromatic rings. The van der Waals surface area contributed by atoms with Crippen molar-refractivity contribution < 1.29 is 47.3 Å². The zero-order valence-electron chi connectivity index (χ0n) is 42.9. The predicted molar refractivity (Wildman–Crippen MR) is 280 cm³/mol. The number of methoxy groups -OCH3 is 2. The Morgan fingerprint density at radius 1 is 0.730 bits per heavy atom. The first-order valence-corrected chi connectivity index (χ1v) is 25.2. The van der Waals surface area contributed by atoms with E-state index in [0.717, 1.165) is 58.9 Å². The Bertz CT molecular complexity index is 3030. The van der Waals surface area contributed by atoms with Gasteiger partial charge in [0, 0.05) is 55.8 Å². The molecular weight excluding hydrogens is 1010 g/mol. The van der Waals surface area contributed by atoms with Crippen molar-refractivity contribution in [1.29, 1.82) is 5.26 Å². The summed E-state index contributed by atoms with van der Waals surface area (Å²) >= 11 is 3.47. The number of nitrogens with zero attached hydrogens (tertiary/aromatic N) is 6. The highest BCUT2D eigenvalue weighted by molar-refractivity contribution is 9.10. The molecule has 0 bridgehead atoms. The number of carbonyl (C=O) groups excluding carboxylic acids is 2. The fourth-order valence-corrected chi connectivity index (χ4v) is 11.0. The average Bonchev–Trinajstić information content (AvgIpc) is 3.85. The molecule has 2 amide bonds. The van der Waals surface area contributed by atoms with E-state index in [1.807, 2.05) is 76.2 Å². The van der Waals surface area contributed by atoms with Crippen LogP contribution < -0.4 is 35.9 Å². The minimum absolute atomic E-state index is 0.109. The summed E-state index contributed by atoms with van der Waals surface area (Å²) in [5.74, 6) is 2.67. The van der Waals surface area contributed by atoms with Gasteiger partial charge in [0.25, 0.3) is 11.8 Å². The van der Waals surface area contributed by atoms with E-state index in [-0.39, 0.29) is 23.7 Å². The molecule has 11 rings (SSSR count). The fraction of sp³-hybridized carbons (Fsp3) is 0.444. The van der Waals surface area contributed by atoms with Crippen LogP contribution in [0.5, 0.6) is 23.0 Å². The van der Waals surface area contributed by atoms with Crippen LogP contribution in [0.2, 0.25) is 0 Å². The van der Waals surface area contributed by atoms with Gasteiger partial charge in [0.15, 0.2) is 28.7 Å². The average molecular weight is 1070 g/mol. The molecule has 386 valence electrons. The summed E-state index contributed by atoms with van der Waals surface area (Å²) in [6, 6.07) is 24.2. The number of hydrogen-bond donors (Lipinski definition) is 2. The Morgan fingerprint density at radius 2 is 1.26 bits per heavy atom. The van der Waals surface area contributed by atoms with E-state index in [9.17, 15) is 9.59 Å². The van der Waals surface area contributed by atoms with Gasteiger partial charge in [-0.15, -0.1) is 0 Å². The third-order valence-electron chi connectivity index (χ3n) is 15.2. The SMILES string of the molecule is CN1C(=O)C2(CC3(CCCOC3)Oc3ccc(Br)cc32)N=C1N.COc1cc(C#N)cc(B2OC(C)(C)C(C)(C)O2)c1.[C-]#[N+]c1cc(OC)cc(-c2ccc3c(c2)C2(CC4(CCCOC4)O3)N=C(N)N(C)C2=O)c1. The Balaban J connectivity index is 0.000000142. The minimum Gasteiger partial charge on any atom is -0.498 e. The van der Waals surface area contributed by atoms with Gasteiger partial charge in [-0.25, -0.2) is 14.8 Å². The molecule has 74 heavy (non-hydrogen) atoms. The standard InChI is InChI=1S/C24H24N4O4.C16H18BrN3O3.C14H18BNO3/c1-26-17-9-16(10-18(12-17)30-3)15-5-6-20-19(11-15)24(21(29)28(2)22(25)27-24)13-23(32-20)7-4-8-31-14-23;1-20-13(21)16(19-14(20)18)8-15(5-2-6-22-9-15)23-12-4-3-10(17)7-11(12)16;1-13(2)14(3,4)19-15(18-13)11-6-10(9-16)7-12(8-11)17-5/h5-6,9-12H,4,7-8,13-14H2,2-3H3,(H2,25,27);3-4,7H,2,5-6,8-9H2,1H3,(H2,18,19);6-8H,1-5H3. The van der Waals surface area contributed by atoms with Crippen molar-refractivity contribution in [2.24, 2.45) is 21.5 Å². The van der Waals surface area contributed by atoms with E-state index in [0.29, 0.717) is 72.5 Å². The fourth-order valence-electron chi connectivity index (χ4n) is 10.6. The number of nitriles is 1. The van der Waals surface area contributed by atoms with Crippen LogP contribution in [0, 0.1) is 17.9 Å². The zero-order valence-corrected chi connectivity index (χ0v) is 44.5. The van der Waals surface area contributed by atoms with Crippen molar-refractivity contribution in [3.8, 4) is 40.2 Å². The van der Waals surface area contributed by atoms with Crippen molar-refractivity contribution >= 4 is 57.9 Å². The second-order valence-corrected chi connectivity index (χ2v) is 21.6. The van der Waals surface area contributed by atoms with Crippen LogP contribution in [0.4, 0.5) is 5.69 Å². The molecule has 4 unspecified atom stereocenters. The van der Waals surface area contributed by atoms with Crippen LogP contribution in [0.1, 0.15) is 82.9 Å². The van der Waals surface area contributed by atoms with Gasteiger partial charge in [-0.2, -0.15) is 5.26 Å². The number of halogens is 1. The number of fused-ring (bicyclic) bond motifs is 4. The first kappa shape index (κ1) is 52.2. The Morgan fingerprint density at radius 3 is 1.73 bits per heavy atom. The molecule has 20 heteroatoms. The molecular formula is C54H60BBrN8O10. The van der Waals surface area contributed by atoms with Crippen LogP contribution in [0.3, 0.4) is 0 Å². The second kappa shape index (κ2) is 19.5. The number of benzene rings is 4. The van der Waals surface area contributed by atoms with Crippen LogP contribution in [0.15, 0.2) is 87.3 Å². The maximum Gasteiger partial charge on any atom is 0.495 e. The molecule has 4 aromatic carbocycles. The lowest BCUT2D eigenvalue weighted by Crippen LogP contribution is -2.55. The smallest absolute Gasteiger partial charge is 0.495 e. The van der Waals surface area contributed by atoms with Crippen molar-refractivity contribution in [3.63, 3.8) is 0 Å². The van der Waals surface area contributed by atoms with Crippen LogP contribution >= 0.6 is 15.9 Å². The van der Waals surface area contributed by atoms with Crippen LogP contribution in [-0.4, -0.2) is 118 Å². The van der Waals surface area contributed by atoms with Gasteiger partial charge in [0.1, 0.15) is 34.2 Å². The number of rotatable bonds is 4. The van der Waals surface area contributed by atoms with Crippen molar-refractivity contribution in [1.82, 2.24) is 9.80 Å².